The number of rotatable bonds is 1. The van der Waals surface area contributed by atoms with Crippen molar-refractivity contribution in [3.8, 4) is 0 Å². The van der Waals surface area contributed by atoms with Crippen LogP contribution in [0, 0.1) is 6.92 Å². The smallest absolute Gasteiger partial charge is 0.103 e. The summed E-state index contributed by atoms with van der Waals surface area (Å²) in [6.07, 6.45) is 0.817. The summed E-state index contributed by atoms with van der Waals surface area (Å²) in [6.45, 7) is 3.63. The Hall–Kier alpha value is -0.860. The number of benzene rings is 1. The SMILES string of the molecule is Cc1ccccc1[C@]1(O)CCNC1. The highest BCUT2D eigenvalue weighted by molar-refractivity contribution is 5.32. The molecule has 1 atom stereocenters. The third kappa shape index (κ3) is 1.47. The molecule has 0 radical (unpaired) electrons. The maximum Gasteiger partial charge on any atom is 0.103 e. The topological polar surface area (TPSA) is 32.3 Å². The quantitative estimate of drug-likeness (QED) is 0.675. The van der Waals surface area contributed by atoms with Gasteiger partial charge in [-0.1, -0.05) is 24.3 Å². The predicted octanol–water partition coefficient (Wildman–Crippen LogP) is 1.18. The second kappa shape index (κ2) is 3.13. The normalized spacial score (nSPS) is 27.8. The molecular weight excluding hydrogens is 162 g/mol. The van der Waals surface area contributed by atoms with Crippen LogP contribution < -0.4 is 5.32 Å². The van der Waals surface area contributed by atoms with E-state index in [2.05, 4.69) is 5.32 Å². The van der Waals surface area contributed by atoms with Gasteiger partial charge in [0.25, 0.3) is 0 Å². The highest BCUT2D eigenvalue weighted by Gasteiger charge is 2.33. The largest absolute Gasteiger partial charge is 0.384 e. The molecule has 2 rings (SSSR count). The minimum atomic E-state index is -0.634. The van der Waals surface area contributed by atoms with Crippen LogP contribution in [0.15, 0.2) is 24.3 Å². The molecule has 2 N–H and O–H groups in total. The summed E-state index contributed by atoms with van der Waals surface area (Å²) < 4.78 is 0. The number of aliphatic hydroxyl groups is 1. The Kier molecular flexibility index (Phi) is 2.10. The molecule has 2 heteroatoms. The average Bonchev–Trinajstić information content (AvgIpc) is 2.54. The second-order valence-electron chi connectivity index (χ2n) is 3.77. The molecule has 1 aromatic carbocycles. The van der Waals surface area contributed by atoms with Crippen molar-refractivity contribution < 1.29 is 5.11 Å². The Bertz CT molecular complexity index is 303. The second-order valence-corrected chi connectivity index (χ2v) is 3.77. The van der Waals surface area contributed by atoms with Crippen molar-refractivity contribution in [2.75, 3.05) is 13.1 Å². The molecule has 1 saturated heterocycles. The summed E-state index contributed by atoms with van der Waals surface area (Å²) in [5.41, 5.74) is 1.61. The van der Waals surface area contributed by atoms with Crippen molar-refractivity contribution in [2.45, 2.75) is 18.9 Å². The summed E-state index contributed by atoms with van der Waals surface area (Å²) in [5, 5.41) is 13.5. The van der Waals surface area contributed by atoms with Gasteiger partial charge in [0.15, 0.2) is 0 Å². The van der Waals surface area contributed by atoms with Crippen LogP contribution in [0.4, 0.5) is 0 Å². The summed E-state index contributed by atoms with van der Waals surface area (Å²) in [4.78, 5) is 0. The molecule has 1 heterocycles. The minimum Gasteiger partial charge on any atom is -0.384 e. The fraction of sp³-hybridized carbons (Fsp3) is 0.455. The number of aryl methyl sites for hydroxylation is 1. The lowest BCUT2D eigenvalue weighted by molar-refractivity contribution is 0.0581. The summed E-state index contributed by atoms with van der Waals surface area (Å²) in [5.74, 6) is 0. The van der Waals surface area contributed by atoms with Crippen molar-refractivity contribution in [3.05, 3.63) is 35.4 Å². The lowest BCUT2D eigenvalue weighted by Crippen LogP contribution is -2.29. The zero-order chi connectivity index (χ0) is 9.31. The first kappa shape index (κ1) is 8.73. The van der Waals surface area contributed by atoms with E-state index in [4.69, 9.17) is 0 Å². The molecule has 0 amide bonds. The molecule has 1 aromatic rings. The Morgan fingerprint density at radius 1 is 1.38 bits per heavy atom. The molecule has 2 nitrogen and oxygen atoms in total. The van der Waals surface area contributed by atoms with Gasteiger partial charge in [0.05, 0.1) is 0 Å². The monoisotopic (exact) mass is 177 g/mol. The predicted molar refractivity (Wildman–Crippen MR) is 52.6 cm³/mol. The van der Waals surface area contributed by atoms with Crippen molar-refractivity contribution >= 4 is 0 Å². The van der Waals surface area contributed by atoms with E-state index in [9.17, 15) is 5.11 Å². The van der Waals surface area contributed by atoms with Gasteiger partial charge < -0.3 is 10.4 Å². The molecule has 1 aliphatic rings. The first-order valence-electron chi connectivity index (χ1n) is 4.72. The molecule has 0 unspecified atom stereocenters. The zero-order valence-electron chi connectivity index (χ0n) is 7.88. The molecule has 0 bridgehead atoms. The first-order chi connectivity index (χ1) is 6.22. The lowest BCUT2D eigenvalue weighted by Gasteiger charge is -2.23. The van der Waals surface area contributed by atoms with Crippen molar-refractivity contribution in [1.29, 1.82) is 0 Å². The van der Waals surface area contributed by atoms with Gasteiger partial charge in [0.1, 0.15) is 5.60 Å². The number of hydrogen-bond acceptors (Lipinski definition) is 2. The van der Waals surface area contributed by atoms with Crippen LogP contribution in [-0.2, 0) is 5.60 Å². The molecular formula is C11H15NO. The maximum absolute atomic E-state index is 10.3. The molecule has 0 saturated carbocycles. The Morgan fingerprint density at radius 3 is 2.77 bits per heavy atom. The zero-order valence-corrected chi connectivity index (χ0v) is 7.88. The van der Waals surface area contributed by atoms with Crippen molar-refractivity contribution in [3.63, 3.8) is 0 Å². The molecule has 0 spiro atoms. The third-order valence-corrected chi connectivity index (χ3v) is 2.78. The molecule has 1 fully saturated rings. The number of β-amino-alcohol motifs (C(OH)–C–C–N with tert-alkyl or cyclic N) is 1. The summed E-state index contributed by atoms with van der Waals surface area (Å²) in [7, 11) is 0. The van der Waals surface area contributed by atoms with E-state index in [-0.39, 0.29) is 0 Å². The van der Waals surface area contributed by atoms with Gasteiger partial charge in [-0.05, 0) is 31.0 Å². The number of hydrogen-bond donors (Lipinski definition) is 2. The van der Waals surface area contributed by atoms with Crippen LogP contribution in [0.25, 0.3) is 0 Å². The van der Waals surface area contributed by atoms with Crippen molar-refractivity contribution in [2.24, 2.45) is 0 Å². The van der Waals surface area contributed by atoms with Crippen LogP contribution in [0.5, 0.6) is 0 Å². The maximum atomic E-state index is 10.3. The molecule has 13 heavy (non-hydrogen) atoms. The molecule has 0 aliphatic carbocycles. The van der Waals surface area contributed by atoms with E-state index in [0.29, 0.717) is 6.54 Å². The van der Waals surface area contributed by atoms with E-state index in [0.717, 1.165) is 18.5 Å². The van der Waals surface area contributed by atoms with Gasteiger partial charge in [0, 0.05) is 6.54 Å². The van der Waals surface area contributed by atoms with Crippen LogP contribution in [-0.4, -0.2) is 18.2 Å². The third-order valence-electron chi connectivity index (χ3n) is 2.78. The Labute approximate surface area is 78.6 Å². The summed E-state index contributed by atoms with van der Waals surface area (Å²) >= 11 is 0. The van der Waals surface area contributed by atoms with Gasteiger partial charge in [-0.3, -0.25) is 0 Å². The van der Waals surface area contributed by atoms with Crippen molar-refractivity contribution in [1.82, 2.24) is 5.32 Å². The van der Waals surface area contributed by atoms with Gasteiger partial charge in [-0.15, -0.1) is 0 Å². The molecule has 0 aromatic heterocycles. The van der Waals surface area contributed by atoms with Gasteiger partial charge in [0.2, 0.25) is 0 Å². The van der Waals surface area contributed by atoms with Gasteiger partial charge >= 0.3 is 0 Å². The first-order valence-corrected chi connectivity index (χ1v) is 4.72. The van der Waals surface area contributed by atoms with Gasteiger partial charge in [-0.2, -0.15) is 0 Å². The van der Waals surface area contributed by atoms with E-state index < -0.39 is 5.60 Å². The van der Waals surface area contributed by atoms with Crippen LogP contribution in [0.2, 0.25) is 0 Å². The Morgan fingerprint density at radius 2 is 2.15 bits per heavy atom. The standard InChI is InChI=1S/C11H15NO/c1-9-4-2-3-5-10(9)11(13)6-7-12-8-11/h2-5,12-13H,6-8H2,1H3/t11-/m0/s1. The molecule has 1 aliphatic heterocycles. The lowest BCUT2D eigenvalue weighted by atomic mass is 9.90. The highest BCUT2D eigenvalue weighted by atomic mass is 16.3. The Balaban J connectivity index is 2.39. The van der Waals surface area contributed by atoms with E-state index >= 15 is 0 Å². The van der Waals surface area contributed by atoms with Crippen LogP contribution >= 0.6 is 0 Å². The highest BCUT2D eigenvalue weighted by Crippen LogP contribution is 2.29. The minimum absolute atomic E-state index is 0.634. The van der Waals surface area contributed by atoms with Gasteiger partial charge in [-0.25, -0.2) is 0 Å². The van der Waals surface area contributed by atoms with E-state index in [1.165, 1.54) is 5.56 Å². The molecule has 70 valence electrons. The van der Waals surface area contributed by atoms with E-state index in [1.807, 2.05) is 31.2 Å². The van der Waals surface area contributed by atoms with E-state index in [1.54, 1.807) is 0 Å². The fourth-order valence-electron chi connectivity index (χ4n) is 2.00. The fourth-order valence-corrected chi connectivity index (χ4v) is 2.00. The number of nitrogens with one attached hydrogen (secondary N) is 1. The summed E-state index contributed by atoms with van der Waals surface area (Å²) in [6, 6.07) is 8.05. The van der Waals surface area contributed by atoms with Crippen LogP contribution in [0.3, 0.4) is 0 Å². The average molecular weight is 177 g/mol. The van der Waals surface area contributed by atoms with Crippen LogP contribution in [0.1, 0.15) is 17.5 Å².